The highest BCUT2D eigenvalue weighted by Gasteiger charge is 2.51. The standard InChI is InChI=1S/C35H34F3NO3/c36-35(37,38)28-8-5-25(6-9-28)30-3-1-2-4-31(30)33(41)42-29-10-7-27-21-39(12-11-26(27)16-29)32(40)20-34-17-22-13-23(18-34)15-24(14-22)19-34/h1-10,16,22-24H,11-15,17-21H2. The lowest BCUT2D eigenvalue weighted by atomic mass is 9.49. The van der Waals surface area contributed by atoms with Crippen LogP contribution >= 0.6 is 0 Å². The number of carbonyl (C=O) groups is 2. The van der Waals surface area contributed by atoms with Gasteiger partial charge in [-0.25, -0.2) is 4.79 Å². The van der Waals surface area contributed by atoms with E-state index in [4.69, 9.17) is 4.74 Å². The molecule has 0 spiro atoms. The van der Waals surface area contributed by atoms with Gasteiger partial charge >= 0.3 is 12.1 Å². The van der Waals surface area contributed by atoms with E-state index in [1.165, 1.54) is 50.7 Å². The van der Waals surface area contributed by atoms with E-state index < -0.39 is 17.7 Å². The summed E-state index contributed by atoms with van der Waals surface area (Å²) in [5.41, 5.74) is 2.90. The summed E-state index contributed by atoms with van der Waals surface area (Å²) in [5.74, 6) is 2.60. The van der Waals surface area contributed by atoms with Crippen LogP contribution in [-0.4, -0.2) is 23.3 Å². The summed E-state index contributed by atoms with van der Waals surface area (Å²) in [6, 6.07) is 17.1. The predicted octanol–water partition coefficient (Wildman–Crippen LogP) is 8.08. The van der Waals surface area contributed by atoms with E-state index in [0.29, 0.717) is 42.8 Å². The number of hydrogen-bond acceptors (Lipinski definition) is 3. The molecule has 3 aromatic carbocycles. The van der Waals surface area contributed by atoms with Gasteiger partial charge in [0.05, 0.1) is 11.1 Å². The summed E-state index contributed by atoms with van der Waals surface area (Å²) in [6.45, 7) is 1.23. The zero-order valence-electron chi connectivity index (χ0n) is 23.5. The Balaban J connectivity index is 1.02. The molecule has 0 saturated heterocycles. The van der Waals surface area contributed by atoms with Crippen molar-refractivity contribution in [3.63, 3.8) is 0 Å². The number of rotatable bonds is 5. The van der Waals surface area contributed by atoms with Gasteiger partial charge in [0.2, 0.25) is 5.91 Å². The molecule has 0 unspecified atom stereocenters. The van der Waals surface area contributed by atoms with Crippen LogP contribution in [0.15, 0.2) is 66.7 Å². The van der Waals surface area contributed by atoms with Crippen molar-refractivity contribution in [1.82, 2.24) is 4.90 Å². The van der Waals surface area contributed by atoms with Crippen molar-refractivity contribution in [3.05, 3.63) is 89.0 Å². The summed E-state index contributed by atoms with van der Waals surface area (Å²) in [5, 5.41) is 0. The Morgan fingerprint density at radius 1 is 0.857 bits per heavy atom. The smallest absolute Gasteiger partial charge is 0.416 e. The van der Waals surface area contributed by atoms with E-state index in [1.807, 2.05) is 17.0 Å². The van der Waals surface area contributed by atoms with E-state index in [0.717, 1.165) is 41.0 Å². The third-order valence-corrected chi connectivity index (χ3v) is 10.1. The molecule has 4 fully saturated rings. The van der Waals surface area contributed by atoms with Crippen LogP contribution in [0.5, 0.6) is 5.75 Å². The van der Waals surface area contributed by atoms with E-state index in [9.17, 15) is 22.8 Å². The Hall–Kier alpha value is -3.61. The average Bonchev–Trinajstić information content (AvgIpc) is 2.95. The monoisotopic (exact) mass is 573 g/mol. The fourth-order valence-corrected chi connectivity index (χ4v) is 8.66. The highest BCUT2D eigenvalue weighted by Crippen LogP contribution is 2.61. The number of ether oxygens (including phenoxy) is 1. The van der Waals surface area contributed by atoms with E-state index in [1.54, 1.807) is 30.3 Å². The minimum atomic E-state index is -4.43. The molecule has 5 aliphatic rings. The first-order valence-corrected chi connectivity index (χ1v) is 15.0. The number of carbonyl (C=O) groups excluding carboxylic acids is 2. The molecule has 1 heterocycles. The Morgan fingerprint density at radius 2 is 1.52 bits per heavy atom. The molecule has 8 rings (SSSR count). The number of nitrogens with zero attached hydrogens (tertiary/aromatic N) is 1. The molecule has 4 bridgehead atoms. The second-order valence-corrected chi connectivity index (χ2v) is 13.1. The maximum absolute atomic E-state index is 13.5. The third kappa shape index (κ3) is 5.23. The molecule has 7 heteroatoms. The average molecular weight is 574 g/mol. The number of hydrogen-bond donors (Lipinski definition) is 0. The van der Waals surface area contributed by atoms with Gasteiger partial charge in [0.25, 0.3) is 0 Å². The topological polar surface area (TPSA) is 46.6 Å². The van der Waals surface area contributed by atoms with Crippen molar-refractivity contribution in [2.24, 2.45) is 23.2 Å². The third-order valence-electron chi connectivity index (χ3n) is 10.1. The summed E-state index contributed by atoms with van der Waals surface area (Å²) in [6.07, 6.45) is 4.76. The van der Waals surface area contributed by atoms with Gasteiger partial charge in [0.1, 0.15) is 5.75 Å². The van der Waals surface area contributed by atoms with Crippen LogP contribution in [0.4, 0.5) is 13.2 Å². The van der Waals surface area contributed by atoms with Crippen molar-refractivity contribution < 1.29 is 27.5 Å². The highest BCUT2D eigenvalue weighted by atomic mass is 19.4. The molecule has 4 aliphatic carbocycles. The quantitative estimate of drug-likeness (QED) is 0.229. The highest BCUT2D eigenvalue weighted by molar-refractivity contribution is 5.98. The van der Waals surface area contributed by atoms with Crippen molar-refractivity contribution >= 4 is 11.9 Å². The number of amides is 1. The van der Waals surface area contributed by atoms with Crippen LogP contribution < -0.4 is 4.74 Å². The first-order chi connectivity index (χ1) is 20.1. The number of alkyl halides is 3. The van der Waals surface area contributed by atoms with Crippen LogP contribution in [0, 0.1) is 23.2 Å². The molecule has 218 valence electrons. The molecule has 1 amide bonds. The lowest BCUT2D eigenvalue weighted by molar-refractivity contribution is -0.140. The van der Waals surface area contributed by atoms with Gasteiger partial charge in [-0.1, -0.05) is 36.4 Å². The van der Waals surface area contributed by atoms with E-state index in [-0.39, 0.29) is 16.9 Å². The van der Waals surface area contributed by atoms with Crippen LogP contribution in [-0.2, 0) is 23.9 Å². The van der Waals surface area contributed by atoms with Gasteiger partial charge < -0.3 is 9.64 Å². The van der Waals surface area contributed by atoms with Crippen molar-refractivity contribution in [3.8, 4) is 16.9 Å². The van der Waals surface area contributed by atoms with E-state index in [2.05, 4.69) is 0 Å². The maximum atomic E-state index is 13.5. The van der Waals surface area contributed by atoms with Crippen molar-refractivity contribution in [2.45, 2.75) is 64.1 Å². The summed E-state index contributed by atoms with van der Waals surface area (Å²) >= 11 is 0. The zero-order chi connectivity index (χ0) is 29.1. The summed E-state index contributed by atoms with van der Waals surface area (Å²) in [4.78, 5) is 28.7. The van der Waals surface area contributed by atoms with Gasteiger partial charge in [-0.2, -0.15) is 13.2 Å². The van der Waals surface area contributed by atoms with Crippen molar-refractivity contribution in [2.75, 3.05) is 6.54 Å². The second kappa shape index (κ2) is 10.3. The minimum absolute atomic E-state index is 0.223. The molecule has 4 nitrogen and oxygen atoms in total. The van der Waals surface area contributed by atoms with Gasteiger partial charge in [-0.05, 0) is 121 Å². The number of benzene rings is 3. The molecular weight excluding hydrogens is 539 g/mol. The largest absolute Gasteiger partial charge is 0.423 e. The maximum Gasteiger partial charge on any atom is 0.416 e. The predicted molar refractivity (Wildman–Crippen MR) is 153 cm³/mol. The van der Waals surface area contributed by atoms with Crippen LogP contribution in [0.25, 0.3) is 11.1 Å². The Bertz CT molecular complexity index is 1490. The normalized spacial score (nSPS) is 26.2. The van der Waals surface area contributed by atoms with Crippen LogP contribution in [0.2, 0.25) is 0 Å². The molecule has 42 heavy (non-hydrogen) atoms. The lowest BCUT2D eigenvalue weighted by Crippen LogP contribution is -2.48. The van der Waals surface area contributed by atoms with Gasteiger partial charge in [-0.15, -0.1) is 0 Å². The number of esters is 1. The van der Waals surface area contributed by atoms with Gasteiger partial charge in [0.15, 0.2) is 0 Å². The fraction of sp³-hybridized carbons (Fsp3) is 0.429. The number of fused-ring (bicyclic) bond motifs is 1. The second-order valence-electron chi connectivity index (χ2n) is 13.1. The Labute approximate surface area is 243 Å². The molecule has 0 aromatic heterocycles. The molecule has 1 aliphatic heterocycles. The molecule has 0 N–H and O–H groups in total. The van der Waals surface area contributed by atoms with Gasteiger partial charge in [0, 0.05) is 19.5 Å². The molecule has 4 saturated carbocycles. The first kappa shape index (κ1) is 27.2. The Kier molecular flexibility index (Phi) is 6.67. The number of halogens is 3. The van der Waals surface area contributed by atoms with Gasteiger partial charge in [-0.3, -0.25) is 4.79 Å². The molecule has 0 radical (unpaired) electrons. The fourth-order valence-electron chi connectivity index (χ4n) is 8.66. The lowest BCUT2D eigenvalue weighted by Gasteiger charge is -2.57. The van der Waals surface area contributed by atoms with E-state index >= 15 is 0 Å². The summed E-state index contributed by atoms with van der Waals surface area (Å²) < 4.78 is 44.8. The molecular formula is C35H34F3NO3. The minimum Gasteiger partial charge on any atom is -0.423 e. The zero-order valence-corrected chi connectivity index (χ0v) is 23.5. The molecule has 3 aromatic rings. The molecule has 0 atom stereocenters. The first-order valence-electron chi connectivity index (χ1n) is 15.0. The SMILES string of the molecule is O=C(Oc1ccc2c(c1)CCN(C(=O)CC13CC4CC(CC(C4)C1)C3)C2)c1ccccc1-c1ccc(C(F)(F)F)cc1. The Morgan fingerprint density at radius 3 is 2.19 bits per heavy atom. The van der Waals surface area contributed by atoms with Crippen molar-refractivity contribution in [1.29, 1.82) is 0 Å². The van der Waals surface area contributed by atoms with Crippen LogP contribution in [0.1, 0.15) is 72.0 Å². The summed E-state index contributed by atoms with van der Waals surface area (Å²) in [7, 11) is 0. The van der Waals surface area contributed by atoms with Crippen LogP contribution in [0.3, 0.4) is 0 Å².